The average molecular weight is 355 g/mol. The third kappa shape index (κ3) is 6.84. The summed E-state index contributed by atoms with van der Waals surface area (Å²) in [5.41, 5.74) is 6.85. The van der Waals surface area contributed by atoms with Crippen LogP contribution in [-0.4, -0.2) is 23.5 Å². The topological polar surface area (TPSA) is 77.2 Å². The molecule has 1 aromatic heterocycles. The molecule has 0 bridgehead atoms. The lowest BCUT2D eigenvalue weighted by molar-refractivity contribution is 0.1000. The first-order valence-electron chi connectivity index (χ1n) is 9.34. The van der Waals surface area contributed by atoms with Gasteiger partial charge in [0.2, 0.25) is 11.8 Å². The van der Waals surface area contributed by atoms with Crippen LogP contribution in [0.2, 0.25) is 0 Å². The molecule has 0 radical (unpaired) electrons. The van der Waals surface area contributed by atoms with E-state index in [1.807, 2.05) is 12.1 Å². The van der Waals surface area contributed by atoms with Gasteiger partial charge in [-0.3, -0.25) is 4.79 Å². The Hall–Kier alpha value is -2.40. The van der Waals surface area contributed by atoms with E-state index in [0.29, 0.717) is 17.5 Å². The summed E-state index contributed by atoms with van der Waals surface area (Å²) < 4.78 is 5.69. The fraction of sp³-hybridized carbons (Fsp3) is 0.429. The van der Waals surface area contributed by atoms with Crippen molar-refractivity contribution in [3.05, 3.63) is 53.7 Å². The molecule has 0 saturated carbocycles. The van der Waals surface area contributed by atoms with Gasteiger partial charge in [-0.1, -0.05) is 31.9 Å². The fourth-order valence-corrected chi connectivity index (χ4v) is 2.64. The Bertz CT molecular complexity index is 669. The number of carbonyl (C=O) groups is 1. The molecule has 2 rings (SSSR count). The number of benzene rings is 1. The predicted molar refractivity (Wildman–Crippen MR) is 105 cm³/mol. The van der Waals surface area contributed by atoms with Crippen molar-refractivity contribution >= 4 is 5.91 Å². The Labute approximate surface area is 156 Å². The van der Waals surface area contributed by atoms with Gasteiger partial charge >= 0.3 is 0 Å². The van der Waals surface area contributed by atoms with Crippen LogP contribution in [0.15, 0.2) is 42.6 Å². The highest BCUT2D eigenvalue weighted by molar-refractivity contribution is 5.92. The molecule has 140 valence electrons. The Morgan fingerprint density at radius 2 is 1.96 bits per heavy atom. The van der Waals surface area contributed by atoms with E-state index in [4.69, 9.17) is 10.5 Å². The summed E-state index contributed by atoms with van der Waals surface area (Å²) in [6, 6.07) is 11.8. The molecule has 0 saturated heterocycles. The van der Waals surface area contributed by atoms with Crippen molar-refractivity contribution in [3.63, 3.8) is 0 Å². The highest BCUT2D eigenvalue weighted by atomic mass is 16.5. The number of aryl methyl sites for hydroxylation is 1. The number of nitrogens with two attached hydrogens (primary N) is 1. The van der Waals surface area contributed by atoms with E-state index < -0.39 is 5.91 Å². The van der Waals surface area contributed by atoms with E-state index in [-0.39, 0.29) is 0 Å². The molecule has 26 heavy (non-hydrogen) atoms. The molecule has 1 unspecified atom stereocenters. The van der Waals surface area contributed by atoms with Crippen LogP contribution in [0.1, 0.15) is 55.5 Å². The van der Waals surface area contributed by atoms with E-state index in [1.54, 1.807) is 12.1 Å². The smallest absolute Gasteiger partial charge is 0.250 e. The second-order valence-electron chi connectivity index (χ2n) is 6.60. The molecule has 1 heterocycles. The van der Waals surface area contributed by atoms with Gasteiger partial charge in [-0.05, 0) is 56.5 Å². The standard InChI is InChI=1S/C21H29N3O2/c1-3-4-5-14-23-16(2)6-7-17-8-11-19(12-9-17)26-20-13-10-18(15-24-20)21(22)25/h8-13,15-16,23H,3-7,14H2,1-2H3,(H2,22,25). The minimum atomic E-state index is -0.498. The number of nitrogens with one attached hydrogen (secondary N) is 1. The maximum absolute atomic E-state index is 11.0. The summed E-state index contributed by atoms with van der Waals surface area (Å²) in [4.78, 5) is 15.1. The molecule has 5 nitrogen and oxygen atoms in total. The highest BCUT2D eigenvalue weighted by Gasteiger charge is 2.05. The van der Waals surface area contributed by atoms with E-state index in [1.165, 1.54) is 31.0 Å². The second-order valence-corrected chi connectivity index (χ2v) is 6.60. The molecule has 1 aromatic carbocycles. The molecule has 0 aliphatic carbocycles. The van der Waals surface area contributed by atoms with Gasteiger partial charge in [0, 0.05) is 18.3 Å². The van der Waals surface area contributed by atoms with Crippen LogP contribution in [0.25, 0.3) is 0 Å². The molecule has 1 amide bonds. The molecule has 0 aliphatic heterocycles. The van der Waals surface area contributed by atoms with Gasteiger partial charge in [-0.2, -0.15) is 0 Å². The Balaban J connectivity index is 1.77. The average Bonchev–Trinajstić information content (AvgIpc) is 2.65. The van der Waals surface area contributed by atoms with Gasteiger partial charge in [0.05, 0.1) is 5.56 Å². The SMILES string of the molecule is CCCCCNC(C)CCc1ccc(Oc2ccc(C(N)=O)cn2)cc1. The lowest BCUT2D eigenvalue weighted by atomic mass is 10.1. The number of nitrogens with zero attached hydrogens (tertiary/aromatic N) is 1. The highest BCUT2D eigenvalue weighted by Crippen LogP contribution is 2.20. The maximum atomic E-state index is 11.0. The van der Waals surface area contributed by atoms with Crippen LogP contribution < -0.4 is 15.8 Å². The molecular weight excluding hydrogens is 326 g/mol. The summed E-state index contributed by atoms with van der Waals surface area (Å²) in [5.74, 6) is 0.661. The summed E-state index contributed by atoms with van der Waals surface area (Å²) in [6.45, 7) is 5.57. The minimum Gasteiger partial charge on any atom is -0.439 e. The van der Waals surface area contributed by atoms with Crippen LogP contribution in [0.3, 0.4) is 0 Å². The van der Waals surface area contributed by atoms with Gasteiger partial charge in [0.15, 0.2) is 0 Å². The van der Waals surface area contributed by atoms with Crippen LogP contribution in [0.5, 0.6) is 11.6 Å². The molecule has 0 aliphatic rings. The van der Waals surface area contributed by atoms with E-state index >= 15 is 0 Å². The number of carbonyl (C=O) groups excluding carboxylic acids is 1. The van der Waals surface area contributed by atoms with Crippen molar-refractivity contribution < 1.29 is 9.53 Å². The molecule has 1 atom stereocenters. The zero-order valence-electron chi connectivity index (χ0n) is 15.7. The largest absolute Gasteiger partial charge is 0.439 e. The lowest BCUT2D eigenvalue weighted by Crippen LogP contribution is -2.27. The van der Waals surface area contributed by atoms with Crippen molar-refractivity contribution in [3.8, 4) is 11.6 Å². The molecule has 0 spiro atoms. The first kappa shape index (κ1) is 19.9. The van der Waals surface area contributed by atoms with Gasteiger partial charge in [-0.15, -0.1) is 0 Å². The number of ether oxygens (including phenoxy) is 1. The second kappa shape index (κ2) is 10.6. The van der Waals surface area contributed by atoms with Crippen molar-refractivity contribution in [1.82, 2.24) is 10.3 Å². The zero-order valence-corrected chi connectivity index (χ0v) is 15.7. The zero-order chi connectivity index (χ0) is 18.8. The van der Waals surface area contributed by atoms with Crippen LogP contribution in [0, 0.1) is 0 Å². The van der Waals surface area contributed by atoms with Crippen LogP contribution in [0.4, 0.5) is 0 Å². The number of hydrogen-bond acceptors (Lipinski definition) is 4. The number of rotatable bonds is 11. The number of hydrogen-bond donors (Lipinski definition) is 2. The molecule has 0 fully saturated rings. The van der Waals surface area contributed by atoms with Crippen LogP contribution >= 0.6 is 0 Å². The molecule has 5 heteroatoms. The Morgan fingerprint density at radius 3 is 2.58 bits per heavy atom. The van der Waals surface area contributed by atoms with E-state index in [0.717, 1.165) is 25.1 Å². The number of aromatic nitrogens is 1. The third-order valence-electron chi connectivity index (χ3n) is 4.31. The molecule has 2 aromatic rings. The quantitative estimate of drug-likeness (QED) is 0.596. The van der Waals surface area contributed by atoms with Crippen LogP contribution in [-0.2, 0) is 6.42 Å². The first-order valence-corrected chi connectivity index (χ1v) is 9.34. The molecule has 3 N–H and O–H groups in total. The van der Waals surface area contributed by atoms with Crippen molar-refractivity contribution in [2.75, 3.05) is 6.54 Å². The number of primary amides is 1. The predicted octanol–water partition coefficient (Wildman–Crippen LogP) is 4.07. The van der Waals surface area contributed by atoms with E-state index in [2.05, 4.69) is 36.3 Å². The van der Waals surface area contributed by atoms with Gasteiger partial charge in [0.25, 0.3) is 0 Å². The summed E-state index contributed by atoms with van der Waals surface area (Å²) in [6.07, 6.45) is 7.37. The number of pyridine rings is 1. The van der Waals surface area contributed by atoms with Crippen molar-refractivity contribution in [1.29, 1.82) is 0 Å². The van der Waals surface area contributed by atoms with Crippen molar-refractivity contribution in [2.24, 2.45) is 5.73 Å². The first-order chi connectivity index (χ1) is 12.6. The number of amides is 1. The number of unbranched alkanes of at least 4 members (excludes halogenated alkanes) is 2. The normalized spacial score (nSPS) is 11.9. The maximum Gasteiger partial charge on any atom is 0.250 e. The van der Waals surface area contributed by atoms with Gasteiger partial charge in [-0.25, -0.2) is 4.98 Å². The lowest BCUT2D eigenvalue weighted by Gasteiger charge is -2.13. The summed E-state index contributed by atoms with van der Waals surface area (Å²) >= 11 is 0. The Kier molecular flexibility index (Phi) is 8.09. The summed E-state index contributed by atoms with van der Waals surface area (Å²) in [5, 5.41) is 3.58. The third-order valence-corrected chi connectivity index (χ3v) is 4.31. The minimum absolute atomic E-state index is 0.366. The monoisotopic (exact) mass is 355 g/mol. The van der Waals surface area contributed by atoms with Gasteiger partial charge < -0.3 is 15.8 Å². The van der Waals surface area contributed by atoms with Gasteiger partial charge in [0.1, 0.15) is 5.75 Å². The van der Waals surface area contributed by atoms with Crippen molar-refractivity contribution in [2.45, 2.75) is 52.0 Å². The molecular formula is C21H29N3O2. The summed E-state index contributed by atoms with van der Waals surface area (Å²) in [7, 11) is 0. The Morgan fingerprint density at radius 1 is 1.19 bits per heavy atom. The van der Waals surface area contributed by atoms with E-state index in [9.17, 15) is 4.79 Å². The fourth-order valence-electron chi connectivity index (χ4n) is 2.64.